The molecule has 7 heteroatoms. The van der Waals surface area contributed by atoms with Crippen LogP contribution in [0.2, 0.25) is 5.02 Å². The third-order valence-corrected chi connectivity index (χ3v) is 4.26. The van der Waals surface area contributed by atoms with E-state index in [1.54, 1.807) is 43.5 Å². The average molecular weight is 375 g/mol. The number of carbonyl (C=O) groups excluding carboxylic acids is 1. The number of aromatic nitrogens is 1. The minimum Gasteiger partial charge on any atom is -0.459 e. The molecule has 0 aliphatic carbocycles. The molecule has 0 aliphatic rings. The van der Waals surface area contributed by atoms with Gasteiger partial charge in [-0.3, -0.25) is 9.78 Å². The Morgan fingerprint density at radius 2 is 2.12 bits per heavy atom. The highest BCUT2D eigenvalue weighted by Gasteiger charge is 2.18. The van der Waals surface area contributed by atoms with Gasteiger partial charge in [-0.2, -0.15) is 0 Å². The number of furan rings is 1. The molecule has 0 saturated heterocycles. The van der Waals surface area contributed by atoms with Gasteiger partial charge in [-0.1, -0.05) is 11.6 Å². The van der Waals surface area contributed by atoms with E-state index in [0.717, 1.165) is 5.39 Å². The zero-order chi connectivity index (χ0) is 18.7. The first-order valence-electron chi connectivity index (χ1n) is 8.11. The van der Waals surface area contributed by atoms with E-state index in [1.807, 2.05) is 13.0 Å². The maximum Gasteiger partial charge on any atom is 0.258 e. The molecule has 1 amide bonds. The standard InChI is InChI=1S/C19H19ClN2O4/c1-4-22(2)19(23)14-10-21-6-5-16(14)26-18-8-12-7-13(11-24-3)25-17(12)9-15(18)20/h5-10H,4,11H2,1-3H3. The fourth-order valence-electron chi connectivity index (χ4n) is 2.49. The minimum absolute atomic E-state index is 0.168. The van der Waals surface area contributed by atoms with E-state index in [4.69, 9.17) is 25.5 Å². The van der Waals surface area contributed by atoms with Gasteiger partial charge in [0.15, 0.2) is 0 Å². The Morgan fingerprint density at radius 3 is 2.85 bits per heavy atom. The molecule has 1 aromatic carbocycles. The van der Waals surface area contributed by atoms with Gasteiger partial charge in [-0.05, 0) is 25.1 Å². The van der Waals surface area contributed by atoms with E-state index in [2.05, 4.69) is 4.98 Å². The summed E-state index contributed by atoms with van der Waals surface area (Å²) in [7, 11) is 3.32. The lowest BCUT2D eigenvalue weighted by Gasteiger charge is -2.17. The van der Waals surface area contributed by atoms with Gasteiger partial charge >= 0.3 is 0 Å². The number of rotatable bonds is 6. The Bertz CT molecular complexity index is 938. The average Bonchev–Trinajstić information content (AvgIpc) is 3.02. The molecule has 0 N–H and O–H groups in total. The zero-order valence-corrected chi connectivity index (χ0v) is 15.5. The molecule has 6 nitrogen and oxygen atoms in total. The van der Waals surface area contributed by atoms with E-state index in [-0.39, 0.29) is 5.91 Å². The number of ether oxygens (including phenoxy) is 2. The van der Waals surface area contributed by atoms with Gasteiger partial charge in [0.2, 0.25) is 0 Å². The lowest BCUT2D eigenvalue weighted by atomic mass is 10.2. The SMILES string of the molecule is CCN(C)C(=O)c1cnccc1Oc1cc2cc(COC)oc2cc1Cl. The number of pyridine rings is 1. The zero-order valence-electron chi connectivity index (χ0n) is 14.8. The third-order valence-electron chi connectivity index (χ3n) is 3.96. The van der Waals surface area contributed by atoms with Crippen molar-refractivity contribution in [3.8, 4) is 11.5 Å². The number of carbonyl (C=O) groups is 1. The predicted octanol–water partition coefficient (Wildman–Crippen LogP) is 4.51. The quantitative estimate of drug-likeness (QED) is 0.635. The summed E-state index contributed by atoms with van der Waals surface area (Å²) < 4.78 is 16.7. The molecule has 0 spiro atoms. The molecule has 3 aromatic rings. The fraction of sp³-hybridized carbons (Fsp3) is 0.263. The van der Waals surface area contributed by atoms with E-state index >= 15 is 0 Å². The van der Waals surface area contributed by atoms with Gasteiger partial charge in [0.25, 0.3) is 5.91 Å². The summed E-state index contributed by atoms with van der Waals surface area (Å²) in [6.07, 6.45) is 3.06. The second-order valence-corrected chi connectivity index (χ2v) is 6.17. The van der Waals surface area contributed by atoms with Crippen LogP contribution in [-0.2, 0) is 11.3 Å². The lowest BCUT2D eigenvalue weighted by molar-refractivity contribution is 0.0799. The Labute approximate surface area is 156 Å². The molecular formula is C19H19ClN2O4. The number of hydrogen-bond donors (Lipinski definition) is 0. The van der Waals surface area contributed by atoms with Crippen molar-refractivity contribution in [2.45, 2.75) is 13.5 Å². The van der Waals surface area contributed by atoms with Crippen molar-refractivity contribution in [1.29, 1.82) is 0 Å². The van der Waals surface area contributed by atoms with Crippen LogP contribution in [0.4, 0.5) is 0 Å². The number of methoxy groups -OCH3 is 1. The Morgan fingerprint density at radius 1 is 1.31 bits per heavy atom. The van der Waals surface area contributed by atoms with Crippen molar-refractivity contribution in [3.05, 3.63) is 53.0 Å². The number of hydrogen-bond acceptors (Lipinski definition) is 5. The van der Waals surface area contributed by atoms with Crippen LogP contribution in [0, 0.1) is 0 Å². The molecule has 136 valence electrons. The largest absolute Gasteiger partial charge is 0.459 e. The molecular weight excluding hydrogens is 356 g/mol. The number of amides is 1. The van der Waals surface area contributed by atoms with E-state index in [1.165, 1.54) is 6.20 Å². The summed E-state index contributed by atoms with van der Waals surface area (Å²) >= 11 is 6.33. The molecule has 0 bridgehead atoms. The van der Waals surface area contributed by atoms with Crippen molar-refractivity contribution >= 4 is 28.5 Å². The van der Waals surface area contributed by atoms with Crippen LogP contribution in [0.3, 0.4) is 0 Å². The van der Waals surface area contributed by atoms with E-state index in [9.17, 15) is 4.79 Å². The lowest BCUT2D eigenvalue weighted by Crippen LogP contribution is -2.26. The van der Waals surface area contributed by atoms with Gasteiger partial charge in [0.05, 0.1) is 5.02 Å². The first kappa shape index (κ1) is 18.2. The van der Waals surface area contributed by atoms with Crippen molar-refractivity contribution in [1.82, 2.24) is 9.88 Å². The smallest absolute Gasteiger partial charge is 0.258 e. The number of halogens is 1. The van der Waals surface area contributed by atoms with E-state index in [0.29, 0.717) is 46.6 Å². The van der Waals surface area contributed by atoms with Crippen molar-refractivity contribution in [2.75, 3.05) is 20.7 Å². The van der Waals surface area contributed by atoms with Gasteiger partial charge in [-0.15, -0.1) is 0 Å². The minimum atomic E-state index is -0.168. The van der Waals surface area contributed by atoms with Crippen LogP contribution >= 0.6 is 11.6 Å². The third kappa shape index (κ3) is 3.66. The summed E-state index contributed by atoms with van der Waals surface area (Å²) in [4.78, 5) is 18.1. The summed E-state index contributed by atoms with van der Waals surface area (Å²) in [5, 5.41) is 1.22. The van der Waals surface area contributed by atoms with Gasteiger partial charge in [-0.25, -0.2) is 0 Å². The maximum atomic E-state index is 12.5. The normalized spacial score (nSPS) is 10.9. The number of fused-ring (bicyclic) bond motifs is 1. The van der Waals surface area contributed by atoms with Crippen LogP contribution in [0.1, 0.15) is 23.0 Å². The number of nitrogens with zero attached hydrogens (tertiary/aromatic N) is 2. The summed E-state index contributed by atoms with van der Waals surface area (Å²) in [5.74, 6) is 1.36. The molecule has 2 aromatic heterocycles. The van der Waals surface area contributed by atoms with Gasteiger partial charge in [0.1, 0.15) is 35.0 Å². The molecule has 0 unspecified atom stereocenters. The first-order valence-corrected chi connectivity index (χ1v) is 8.49. The summed E-state index contributed by atoms with van der Waals surface area (Å²) in [6, 6.07) is 6.97. The highest BCUT2D eigenvalue weighted by atomic mass is 35.5. The van der Waals surface area contributed by atoms with Gasteiger partial charge < -0.3 is 18.8 Å². The highest BCUT2D eigenvalue weighted by Crippen LogP contribution is 2.36. The molecule has 2 heterocycles. The fourth-order valence-corrected chi connectivity index (χ4v) is 2.68. The summed E-state index contributed by atoms with van der Waals surface area (Å²) in [5.41, 5.74) is 1.02. The molecule has 26 heavy (non-hydrogen) atoms. The molecule has 0 fully saturated rings. The second-order valence-electron chi connectivity index (χ2n) is 5.76. The molecule has 0 radical (unpaired) electrons. The molecule has 0 atom stereocenters. The Kier molecular flexibility index (Phi) is 5.44. The topological polar surface area (TPSA) is 64.8 Å². The summed E-state index contributed by atoms with van der Waals surface area (Å²) in [6.45, 7) is 2.85. The van der Waals surface area contributed by atoms with Crippen LogP contribution in [0.15, 0.2) is 41.1 Å². The highest BCUT2D eigenvalue weighted by molar-refractivity contribution is 6.32. The first-order chi connectivity index (χ1) is 12.5. The maximum absolute atomic E-state index is 12.5. The second kappa shape index (κ2) is 7.76. The van der Waals surface area contributed by atoms with Crippen LogP contribution in [0.25, 0.3) is 11.0 Å². The van der Waals surface area contributed by atoms with Crippen molar-refractivity contribution in [3.63, 3.8) is 0 Å². The van der Waals surface area contributed by atoms with Crippen LogP contribution in [-0.4, -0.2) is 36.5 Å². The van der Waals surface area contributed by atoms with E-state index < -0.39 is 0 Å². The van der Waals surface area contributed by atoms with Crippen molar-refractivity contribution < 1.29 is 18.7 Å². The van der Waals surface area contributed by atoms with Crippen LogP contribution < -0.4 is 4.74 Å². The monoisotopic (exact) mass is 374 g/mol. The molecule has 0 saturated carbocycles. The Hall–Kier alpha value is -2.57. The van der Waals surface area contributed by atoms with Gasteiger partial charge in [0, 0.05) is 44.5 Å². The molecule has 0 aliphatic heterocycles. The molecule has 3 rings (SSSR count). The number of benzene rings is 1. The van der Waals surface area contributed by atoms with Crippen molar-refractivity contribution in [2.24, 2.45) is 0 Å². The Balaban J connectivity index is 1.96. The predicted molar refractivity (Wildman–Crippen MR) is 98.9 cm³/mol. The van der Waals surface area contributed by atoms with Crippen LogP contribution in [0.5, 0.6) is 11.5 Å².